The van der Waals surface area contributed by atoms with Crippen LogP contribution in [-0.2, 0) is 11.2 Å². The number of carbonyl (C=O) groups excluding carboxylic acids is 3. The Kier molecular flexibility index (Phi) is 7.82. The van der Waals surface area contributed by atoms with Crippen LogP contribution < -0.4 is 16.4 Å². The first-order valence-electron chi connectivity index (χ1n) is 13.8. The smallest absolute Gasteiger partial charge is 0.326 e. The maximum Gasteiger partial charge on any atom is 0.326 e. The predicted molar refractivity (Wildman–Crippen MR) is 161 cm³/mol. The molecule has 0 aromatic heterocycles. The Balaban J connectivity index is 1.54. The molecule has 0 saturated carbocycles. The van der Waals surface area contributed by atoms with Crippen LogP contribution in [-0.4, -0.2) is 34.8 Å². The second-order valence-corrected chi connectivity index (χ2v) is 10.9. The van der Waals surface area contributed by atoms with Crippen LogP contribution in [0.2, 0.25) is 0 Å². The van der Waals surface area contributed by atoms with Crippen LogP contribution >= 0.6 is 0 Å². The molecule has 0 heterocycles. The number of carbonyl (C=O) groups is 4. The van der Waals surface area contributed by atoms with Gasteiger partial charge in [0.25, 0.3) is 11.8 Å². The molecule has 5 rings (SSSR count). The van der Waals surface area contributed by atoms with Gasteiger partial charge >= 0.3 is 5.97 Å². The average Bonchev–Trinajstić information content (AvgIpc) is 3.35. The lowest BCUT2D eigenvalue weighted by molar-refractivity contribution is -0.140. The summed E-state index contributed by atoms with van der Waals surface area (Å²) in [6.07, 6.45) is 0.352. The molecule has 5 N–H and O–H groups in total. The number of aliphatic carboxylic acids is 1. The van der Waals surface area contributed by atoms with E-state index in [1.807, 2.05) is 25.1 Å². The highest BCUT2D eigenvalue weighted by atomic mass is 19.1. The lowest BCUT2D eigenvalue weighted by Gasteiger charge is -2.18. The van der Waals surface area contributed by atoms with Crippen LogP contribution in [0.1, 0.15) is 61.6 Å². The number of carboxylic acids is 1. The van der Waals surface area contributed by atoms with Crippen LogP contribution in [0.15, 0.2) is 72.8 Å². The number of hydrogen-bond donors (Lipinski definition) is 4. The Bertz CT molecular complexity index is 1800. The van der Waals surface area contributed by atoms with Crippen molar-refractivity contribution in [3.8, 4) is 22.3 Å². The SMILES string of the molecule is Cc1c(NC(=O)c2ccc(F)cc2)cccc1-c1ccc(C(N)=O)c2c1-c1ccc(C(=O)N[C@H](C(=O)O)C(C)C)cc1C2. The molecule has 9 heteroatoms. The van der Waals surface area contributed by atoms with Crippen molar-refractivity contribution in [2.45, 2.75) is 33.2 Å². The summed E-state index contributed by atoms with van der Waals surface area (Å²) < 4.78 is 13.3. The number of carboxylic acid groups (broad SMARTS) is 1. The molecule has 0 aliphatic heterocycles. The number of amides is 3. The molecule has 43 heavy (non-hydrogen) atoms. The molecule has 0 spiro atoms. The van der Waals surface area contributed by atoms with E-state index < -0.39 is 29.6 Å². The van der Waals surface area contributed by atoms with Crippen molar-refractivity contribution in [2.75, 3.05) is 5.32 Å². The highest BCUT2D eigenvalue weighted by Gasteiger charge is 2.29. The summed E-state index contributed by atoms with van der Waals surface area (Å²) >= 11 is 0. The Morgan fingerprint density at radius 3 is 2.19 bits per heavy atom. The van der Waals surface area contributed by atoms with Gasteiger partial charge in [0.05, 0.1) is 0 Å². The molecule has 8 nitrogen and oxygen atoms in total. The van der Waals surface area contributed by atoms with E-state index in [0.29, 0.717) is 28.8 Å². The number of nitrogens with one attached hydrogen (secondary N) is 2. The zero-order valence-corrected chi connectivity index (χ0v) is 23.8. The fourth-order valence-electron chi connectivity index (χ4n) is 5.51. The van der Waals surface area contributed by atoms with Crippen LogP contribution in [0, 0.1) is 18.7 Å². The van der Waals surface area contributed by atoms with Crippen molar-refractivity contribution in [3.63, 3.8) is 0 Å². The van der Waals surface area contributed by atoms with Crippen molar-refractivity contribution in [2.24, 2.45) is 11.7 Å². The van der Waals surface area contributed by atoms with Crippen molar-refractivity contribution >= 4 is 29.4 Å². The average molecular weight is 580 g/mol. The van der Waals surface area contributed by atoms with Gasteiger partial charge in [0.2, 0.25) is 5.91 Å². The maximum absolute atomic E-state index is 13.3. The largest absolute Gasteiger partial charge is 0.480 e. The van der Waals surface area contributed by atoms with Gasteiger partial charge in [-0.2, -0.15) is 0 Å². The van der Waals surface area contributed by atoms with E-state index in [-0.39, 0.29) is 11.8 Å². The van der Waals surface area contributed by atoms with Crippen molar-refractivity contribution < 1.29 is 28.7 Å². The summed E-state index contributed by atoms with van der Waals surface area (Å²) in [5.74, 6) is -3.31. The van der Waals surface area contributed by atoms with E-state index in [4.69, 9.17) is 5.73 Å². The number of fused-ring (bicyclic) bond motifs is 3. The molecule has 0 saturated heterocycles. The molecule has 0 bridgehead atoms. The number of rotatable bonds is 8. The van der Waals surface area contributed by atoms with E-state index in [2.05, 4.69) is 10.6 Å². The molecule has 3 amide bonds. The number of benzene rings is 4. The predicted octanol–water partition coefficient (Wildman–Crippen LogP) is 5.56. The third-order valence-corrected chi connectivity index (χ3v) is 7.78. The third-order valence-electron chi connectivity index (χ3n) is 7.78. The molecule has 1 aliphatic carbocycles. The summed E-state index contributed by atoms with van der Waals surface area (Å²) in [6, 6.07) is 18.4. The Morgan fingerprint density at radius 1 is 0.860 bits per heavy atom. The van der Waals surface area contributed by atoms with Crippen LogP contribution in [0.25, 0.3) is 22.3 Å². The molecular formula is C34H30FN3O5. The number of halogens is 1. The van der Waals surface area contributed by atoms with Gasteiger partial charge in [-0.25, -0.2) is 9.18 Å². The van der Waals surface area contributed by atoms with E-state index in [9.17, 15) is 28.7 Å². The molecule has 218 valence electrons. The summed E-state index contributed by atoms with van der Waals surface area (Å²) in [4.78, 5) is 49.9. The molecule has 4 aromatic rings. The van der Waals surface area contributed by atoms with Crippen LogP contribution in [0.5, 0.6) is 0 Å². The maximum atomic E-state index is 13.3. The molecule has 0 radical (unpaired) electrons. The summed E-state index contributed by atoms with van der Waals surface area (Å²) in [6.45, 7) is 5.31. The molecule has 0 unspecified atom stereocenters. The number of nitrogens with two attached hydrogens (primary N) is 1. The number of primary amides is 1. The Labute approximate surface area is 247 Å². The Hall–Kier alpha value is -5.31. The summed E-state index contributed by atoms with van der Waals surface area (Å²) in [5.41, 5.74) is 12.9. The molecule has 4 aromatic carbocycles. The molecular weight excluding hydrogens is 549 g/mol. The first-order valence-corrected chi connectivity index (χ1v) is 13.8. The van der Waals surface area contributed by atoms with E-state index in [0.717, 1.165) is 38.9 Å². The topological polar surface area (TPSA) is 139 Å². The molecule has 0 fully saturated rings. The van der Waals surface area contributed by atoms with Gasteiger partial charge in [0.1, 0.15) is 11.9 Å². The molecule has 1 atom stereocenters. The minimum Gasteiger partial charge on any atom is -0.480 e. The second kappa shape index (κ2) is 11.5. The standard InChI is InChI=1S/C34H30FN3O5/c1-17(2)30(34(42)43)38-33(41)20-9-12-24-21(15-20)16-27-26(31(36)39)14-13-25(29(24)27)23-5-4-6-28(18(23)3)37-32(40)19-7-10-22(35)11-8-19/h4-15,17,30H,16H2,1-3H3,(H2,36,39)(H,37,40)(H,38,41)(H,42,43)/t30-/m0/s1. The van der Waals surface area contributed by atoms with Gasteiger partial charge in [-0.1, -0.05) is 38.1 Å². The van der Waals surface area contributed by atoms with Crippen LogP contribution in [0.3, 0.4) is 0 Å². The van der Waals surface area contributed by atoms with Gasteiger partial charge in [0, 0.05) is 22.4 Å². The van der Waals surface area contributed by atoms with Gasteiger partial charge in [-0.15, -0.1) is 0 Å². The lowest BCUT2D eigenvalue weighted by atomic mass is 9.89. The van der Waals surface area contributed by atoms with E-state index >= 15 is 0 Å². The van der Waals surface area contributed by atoms with Gasteiger partial charge in [0.15, 0.2) is 0 Å². The van der Waals surface area contributed by atoms with Gasteiger partial charge < -0.3 is 21.5 Å². The fourth-order valence-corrected chi connectivity index (χ4v) is 5.51. The number of hydrogen-bond acceptors (Lipinski definition) is 4. The third kappa shape index (κ3) is 5.61. The normalized spacial score (nSPS) is 12.3. The van der Waals surface area contributed by atoms with Gasteiger partial charge in [-0.05, 0) is 107 Å². The highest BCUT2D eigenvalue weighted by molar-refractivity contribution is 6.06. The molecule has 1 aliphatic rings. The zero-order chi connectivity index (χ0) is 31.0. The van der Waals surface area contributed by atoms with Crippen molar-refractivity contribution in [1.82, 2.24) is 5.32 Å². The summed E-state index contributed by atoms with van der Waals surface area (Å²) in [7, 11) is 0. The quantitative estimate of drug-likeness (QED) is 0.191. The summed E-state index contributed by atoms with van der Waals surface area (Å²) in [5, 5.41) is 15.0. The minimum atomic E-state index is -1.11. The second-order valence-electron chi connectivity index (χ2n) is 10.9. The fraction of sp³-hybridized carbons (Fsp3) is 0.176. The lowest BCUT2D eigenvalue weighted by Crippen LogP contribution is -2.44. The highest BCUT2D eigenvalue weighted by Crippen LogP contribution is 2.46. The van der Waals surface area contributed by atoms with Crippen molar-refractivity contribution in [3.05, 3.63) is 112 Å². The van der Waals surface area contributed by atoms with Crippen molar-refractivity contribution in [1.29, 1.82) is 0 Å². The number of anilines is 1. The Morgan fingerprint density at radius 2 is 1.53 bits per heavy atom. The monoisotopic (exact) mass is 579 g/mol. The zero-order valence-electron chi connectivity index (χ0n) is 23.8. The first kappa shape index (κ1) is 29.2. The van der Waals surface area contributed by atoms with E-state index in [1.165, 1.54) is 24.3 Å². The van der Waals surface area contributed by atoms with E-state index in [1.54, 1.807) is 44.2 Å². The van der Waals surface area contributed by atoms with Crippen LogP contribution in [0.4, 0.5) is 10.1 Å². The minimum absolute atomic E-state index is 0.305. The van der Waals surface area contributed by atoms with Gasteiger partial charge in [-0.3, -0.25) is 14.4 Å². The first-order chi connectivity index (χ1) is 20.5.